The molecule has 3 N–H and O–H groups in total. The topological polar surface area (TPSA) is 55.1 Å². The minimum atomic E-state index is -0.610. The monoisotopic (exact) mass is 240 g/mol. The van der Waals surface area contributed by atoms with Crippen LogP contribution >= 0.6 is 0 Å². The summed E-state index contributed by atoms with van der Waals surface area (Å²) in [5.74, 6) is -1.70. The predicted octanol–water partition coefficient (Wildman–Crippen LogP) is 1.28. The summed E-state index contributed by atoms with van der Waals surface area (Å²) in [5, 5.41) is 2.66. The number of rotatable bonds is 3. The molecule has 3 atom stereocenters. The lowest BCUT2D eigenvalue weighted by Gasteiger charge is -2.08. The van der Waals surface area contributed by atoms with Gasteiger partial charge in [-0.3, -0.25) is 4.79 Å². The zero-order valence-corrected chi connectivity index (χ0v) is 9.41. The van der Waals surface area contributed by atoms with Crippen LogP contribution in [0.2, 0.25) is 0 Å². The van der Waals surface area contributed by atoms with Gasteiger partial charge in [-0.15, -0.1) is 0 Å². The van der Waals surface area contributed by atoms with Crippen LogP contribution in [0.5, 0.6) is 0 Å². The van der Waals surface area contributed by atoms with Crippen molar-refractivity contribution in [1.29, 1.82) is 0 Å². The molecule has 1 aliphatic carbocycles. The van der Waals surface area contributed by atoms with E-state index in [0.29, 0.717) is 6.42 Å². The van der Waals surface area contributed by atoms with E-state index in [-0.39, 0.29) is 23.4 Å². The van der Waals surface area contributed by atoms with Gasteiger partial charge >= 0.3 is 0 Å². The quantitative estimate of drug-likeness (QED) is 0.836. The lowest BCUT2D eigenvalue weighted by atomic mass is 10.1. The molecule has 1 aliphatic rings. The Kier molecular flexibility index (Phi) is 3.11. The Morgan fingerprint density at radius 1 is 1.47 bits per heavy atom. The fourth-order valence-corrected chi connectivity index (χ4v) is 1.85. The minimum Gasteiger partial charge on any atom is -0.351 e. The van der Waals surface area contributed by atoms with Crippen LogP contribution in [0.4, 0.5) is 8.78 Å². The van der Waals surface area contributed by atoms with E-state index in [1.54, 1.807) is 6.92 Å². The molecule has 3 nitrogen and oxygen atoms in total. The van der Waals surface area contributed by atoms with Gasteiger partial charge in [-0.1, -0.05) is 6.07 Å². The number of benzene rings is 1. The summed E-state index contributed by atoms with van der Waals surface area (Å²) in [7, 11) is 0. The Balaban J connectivity index is 2.06. The van der Waals surface area contributed by atoms with Gasteiger partial charge in [0.1, 0.15) is 11.6 Å². The Morgan fingerprint density at radius 2 is 2.06 bits per heavy atom. The Bertz CT molecular complexity index is 428. The molecule has 2 rings (SSSR count). The molecule has 0 aromatic heterocycles. The standard InChI is InChI=1S/C12H14F2N2O/c1-6(15)12(17)16-10-5-7(10)11-8(13)3-2-4-9(11)14/h2-4,6-7,10H,5,15H2,1H3,(H,16,17)/t6-,7?,10?/m1/s1. The van der Waals surface area contributed by atoms with Crippen molar-refractivity contribution >= 4 is 5.91 Å². The number of nitrogens with two attached hydrogens (primary N) is 1. The van der Waals surface area contributed by atoms with Gasteiger partial charge in [0.15, 0.2) is 0 Å². The van der Waals surface area contributed by atoms with E-state index in [9.17, 15) is 13.6 Å². The van der Waals surface area contributed by atoms with Gasteiger partial charge in [0.2, 0.25) is 5.91 Å². The number of hydrogen-bond donors (Lipinski definition) is 2. The Hall–Kier alpha value is -1.49. The largest absolute Gasteiger partial charge is 0.351 e. The van der Waals surface area contributed by atoms with Crippen molar-refractivity contribution in [3.05, 3.63) is 35.4 Å². The molecule has 17 heavy (non-hydrogen) atoms. The van der Waals surface area contributed by atoms with Gasteiger partial charge in [0.05, 0.1) is 6.04 Å². The van der Waals surface area contributed by atoms with E-state index in [1.165, 1.54) is 18.2 Å². The highest BCUT2D eigenvalue weighted by atomic mass is 19.1. The summed E-state index contributed by atoms with van der Waals surface area (Å²) >= 11 is 0. The number of nitrogens with one attached hydrogen (secondary N) is 1. The van der Waals surface area contributed by atoms with Crippen molar-refractivity contribution in [2.45, 2.75) is 31.3 Å². The summed E-state index contributed by atoms with van der Waals surface area (Å²) in [5.41, 5.74) is 5.45. The molecule has 1 aromatic carbocycles. The first-order valence-electron chi connectivity index (χ1n) is 5.50. The van der Waals surface area contributed by atoms with Crippen molar-refractivity contribution in [3.8, 4) is 0 Å². The summed E-state index contributed by atoms with van der Waals surface area (Å²) in [6.45, 7) is 1.57. The third-order valence-electron chi connectivity index (χ3n) is 2.90. The van der Waals surface area contributed by atoms with Crippen LogP contribution < -0.4 is 11.1 Å². The molecule has 0 saturated heterocycles. The summed E-state index contributed by atoms with van der Waals surface area (Å²) in [6.07, 6.45) is 0.552. The second-order valence-corrected chi connectivity index (χ2v) is 4.38. The highest BCUT2D eigenvalue weighted by Gasteiger charge is 2.42. The van der Waals surface area contributed by atoms with E-state index in [1.807, 2.05) is 0 Å². The van der Waals surface area contributed by atoms with Crippen molar-refractivity contribution in [3.63, 3.8) is 0 Å². The van der Waals surface area contributed by atoms with Crippen LogP contribution in [0.25, 0.3) is 0 Å². The van der Waals surface area contributed by atoms with Gasteiger partial charge in [-0.05, 0) is 25.5 Å². The number of hydrogen-bond acceptors (Lipinski definition) is 2. The fraction of sp³-hybridized carbons (Fsp3) is 0.417. The zero-order chi connectivity index (χ0) is 12.6. The summed E-state index contributed by atoms with van der Waals surface area (Å²) < 4.78 is 26.9. The van der Waals surface area contributed by atoms with Crippen LogP contribution in [0.15, 0.2) is 18.2 Å². The average molecular weight is 240 g/mol. The van der Waals surface area contributed by atoms with E-state index in [2.05, 4.69) is 5.32 Å². The second kappa shape index (κ2) is 4.41. The first-order chi connectivity index (χ1) is 8.00. The Labute approximate surface area is 98.0 Å². The van der Waals surface area contributed by atoms with Crippen LogP contribution in [0.3, 0.4) is 0 Å². The van der Waals surface area contributed by atoms with Crippen LogP contribution in [0, 0.1) is 11.6 Å². The highest BCUT2D eigenvalue weighted by Crippen LogP contribution is 2.43. The lowest BCUT2D eigenvalue weighted by Crippen LogP contribution is -2.39. The Morgan fingerprint density at radius 3 is 2.59 bits per heavy atom. The molecule has 0 bridgehead atoms. The van der Waals surface area contributed by atoms with Gasteiger partial charge in [-0.2, -0.15) is 0 Å². The van der Waals surface area contributed by atoms with Crippen molar-refractivity contribution in [1.82, 2.24) is 5.32 Å². The molecule has 1 amide bonds. The molecular formula is C12H14F2N2O. The van der Waals surface area contributed by atoms with E-state index >= 15 is 0 Å². The van der Waals surface area contributed by atoms with Crippen molar-refractivity contribution < 1.29 is 13.6 Å². The summed E-state index contributed by atoms with van der Waals surface area (Å²) in [6, 6.07) is 2.95. The molecule has 1 aromatic rings. The maximum absolute atomic E-state index is 13.4. The fourth-order valence-electron chi connectivity index (χ4n) is 1.85. The maximum Gasteiger partial charge on any atom is 0.236 e. The highest BCUT2D eigenvalue weighted by molar-refractivity contribution is 5.81. The minimum absolute atomic E-state index is 0.0578. The third-order valence-corrected chi connectivity index (χ3v) is 2.90. The first-order valence-corrected chi connectivity index (χ1v) is 5.50. The molecule has 5 heteroatoms. The predicted molar refractivity (Wildman–Crippen MR) is 59.3 cm³/mol. The zero-order valence-electron chi connectivity index (χ0n) is 9.41. The second-order valence-electron chi connectivity index (χ2n) is 4.38. The molecule has 0 radical (unpaired) electrons. The summed E-state index contributed by atoms with van der Waals surface area (Å²) in [4.78, 5) is 11.3. The van der Waals surface area contributed by atoms with Gasteiger partial charge in [0, 0.05) is 17.5 Å². The third kappa shape index (κ3) is 2.44. The van der Waals surface area contributed by atoms with Gasteiger partial charge in [-0.25, -0.2) is 8.78 Å². The van der Waals surface area contributed by atoms with Gasteiger partial charge < -0.3 is 11.1 Å². The van der Waals surface area contributed by atoms with Crippen LogP contribution in [0.1, 0.15) is 24.8 Å². The molecule has 0 aliphatic heterocycles. The molecule has 0 spiro atoms. The van der Waals surface area contributed by atoms with Crippen molar-refractivity contribution in [2.24, 2.45) is 5.73 Å². The first kappa shape index (κ1) is 12.0. The van der Waals surface area contributed by atoms with E-state index in [4.69, 9.17) is 5.73 Å². The molecule has 92 valence electrons. The number of amides is 1. The average Bonchev–Trinajstić information content (AvgIpc) is 2.96. The van der Waals surface area contributed by atoms with Crippen molar-refractivity contribution in [2.75, 3.05) is 0 Å². The SMILES string of the molecule is C[C@@H](N)C(=O)NC1CC1c1c(F)cccc1F. The van der Waals surface area contributed by atoms with Crippen LogP contribution in [-0.4, -0.2) is 18.0 Å². The van der Waals surface area contributed by atoms with Gasteiger partial charge in [0.25, 0.3) is 0 Å². The molecule has 1 saturated carbocycles. The maximum atomic E-state index is 13.4. The normalized spacial score (nSPS) is 24.2. The molecule has 1 fully saturated rings. The van der Waals surface area contributed by atoms with Crippen LogP contribution in [-0.2, 0) is 4.79 Å². The molecule has 0 heterocycles. The lowest BCUT2D eigenvalue weighted by molar-refractivity contribution is -0.122. The number of carbonyl (C=O) groups excluding carboxylic acids is 1. The smallest absolute Gasteiger partial charge is 0.236 e. The molecule has 2 unspecified atom stereocenters. The number of carbonyl (C=O) groups is 1. The number of halogens is 2. The van der Waals surface area contributed by atoms with E-state index < -0.39 is 17.7 Å². The molecular weight excluding hydrogens is 226 g/mol. The van der Waals surface area contributed by atoms with E-state index in [0.717, 1.165) is 0 Å².